The van der Waals surface area contributed by atoms with Crippen LogP contribution in [0.15, 0.2) is 88.9 Å². The number of rotatable bonds is 8. The highest BCUT2D eigenvalue weighted by Gasteiger charge is 2.27. The Labute approximate surface area is 222 Å². The second-order valence-corrected chi connectivity index (χ2v) is 10.9. The van der Waals surface area contributed by atoms with Gasteiger partial charge in [-0.15, -0.1) is 0 Å². The molecule has 0 aliphatic rings. The Hall–Kier alpha value is -4.24. The van der Waals surface area contributed by atoms with Crippen LogP contribution in [0.25, 0.3) is 5.69 Å². The summed E-state index contributed by atoms with van der Waals surface area (Å²) in [5.74, 6) is -1.18. The molecule has 0 spiro atoms. The molecule has 9 heteroatoms. The van der Waals surface area contributed by atoms with Crippen LogP contribution in [0.4, 0.5) is 10.1 Å². The number of hydrogen-bond acceptors (Lipinski definition) is 4. The minimum absolute atomic E-state index is 0.126. The Bertz CT molecular complexity index is 1590. The standard InChI is InChI=1S/C29H29FN4O3S/c1-20-9-13-26(14-10-20)33(38(36,37)27-15-11-25(30)12-16-27)19-29(35)32-31-18-24-17-22(3)34(23(24)4)28-8-6-5-7-21(28)2/h5-18H,19H2,1-4H3,(H,32,35)/b31-18+. The van der Waals surface area contributed by atoms with Gasteiger partial charge in [0.2, 0.25) is 0 Å². The second kappa shape index (κ2) is 11.0. The topological polar surface area (TPSA) is 83.8 Å². The van der Waals surface area contributed by atoms with Crippen molar-refractivity contribution in [3.63, 3.8) is 0 Å². The number of halogens is 1. The molecule has 0 radical (unpaired) electrons. The number of aromatic nitrogens is 1. The highest BCUT2D eigenvalue weighted by molar-refractivity contribution is 7.92. The molecule has 0 atom stereocenters. The maximum atomic E-state index is 13.4. The molecule has 0 aliphatic heterocycles. The zero-order valence-corrected chi connectivity index (χ0v) is 22.5. The molecule has 0 fully saturated rings. The number of anilines is 1. The van der Waals surface area contributed by atoms with Gasteiger partial charge in [0.05, 0.1) is 16.8 Å². The van der Waals surface area contributed by atoms with Crippen molar-refractivity contribution >= 4 is 27.8 Å². The van der Waals surface area contributed by atoms with Crippen LogP contribution < -0.4 is 9.73 Å². The molecule has 0 unspecified atom stereocenters. The minimum atomic E-state index is -4.15. The van der Waals surface area contributed by atoms with E-state index < -0.39 is 28.3 Å². The van der Waals surface area contributed by atoms with E-state index in [0.29, 0.717) is 5.69 Å². The molecular formula is C29H29FN4O3S. The first-order valence-corrected chi connectivity index (χ1v) is 13.4. The largest absolute Gasteiger partial charge is 0.318 e. The number of para-hydroxylation sites is 1. The average Bonchev–Trinajstić information content (AvgIpc) is 3.16. The molecule has 3 aromatic carbocycles. The molecule has 0 saturated heterocycles. The molecule has 1 aromatic heterocycles. The van der Waals surface area contributed by atoms with E-state index in [1.54, 1.807) is 30.5 Å². The fraction of sp³-hybridized carbons (Fsp3) is 0.172. The summed E-state index contributed by atoms with van der Waals surface area (Å²) < 4.78 is 43.3. The zero-order valence-electron chi connectivity index (χ0n) is 21.6. The highest BCUT2D eigenvalue weighted by atomic mass is 32.2. The molecule has 1 amide bonds. The maximum Gasteiger partial charge on any atom is 0.264 e. The first-order chi connectivity index (χ1) is 18.1. The predicted molar refractivity (Wildman–Crippen MR) is 148 cm³/mol. The fourth-order valence-electron chi connectivity index (χ4n) is 4.20. The third-order valence-electron chi connectivity index (χ3n) is 6.23. The van der Waals surface area contributed by atoms with E-state index in [0.717, 1.165) is 50.2 Å². The summed E-state index contributed by atoms with van der Waals surface area (Å²) in [6, 6.07) is 21.2. The molecular weight excluding hydrogens is 503 g/mol. The first-order valence-electron chi connectivity index (χ1n) is 12.0. The lowest BCUT2D eigenvalue weighted by atomic mass is 10.2. The predicted octanol–water partition coefficient (Wildman–Crippen LogP) is 5.20. The maximum absolute atomic E-state index is 13.4. The molecule has 0 saturated carbocycles. The van der Waals surface area contributed by atoms with Gasteiger partial charge in [0, 0.05) is 22.6 Å². The molecule has 7 nitrogen and oxygen atoms in total. The molecule has 38 heavy (non-hydrogen) atoms. The van der Waals surface area contributed by atoms with Gasteiger partial charge in [0.1, 0.15) is 12.4 Å². The molecule has 4 rings (SSSR count). The van der Waals surface area contributed by atoms with Crippen LogP contribution in [0.1, 0.15) is 28.1 Å². The third-order valence-corrected chi connectivity index (χ3v) is 8.02. The number of nitrogens with one attached hydrogen (secondary N) is 1. The van der Waals surface area contributed by atoms with Gasteiger partial charge in [0.15, 0.2) is 0 Å². The number of benzene rings is 3. The van der Waals surface area contributed by atoms with Crippen LogP contribution >= 0.6 is 0 Å². The van der Waals surface area contributed by atoms with Crippen LogP contribution in [0.5, 0.6) is 0 Å². The minimum Gasteiger partial charge on any atom is -0.318 e. The zero-order chi connectivity index (χ0) is 27.4. The Morgan fingerprint density at radius 1 is 0.974 bits per heavy atom. The molecule has 1 N–H and O–H groups in total. The van der Waals surface area contributed by atoms with Crippen molar-refractivity contribution in [2.75, 3.05) is 10.8 Å². The number of sulfonamides is 1. The van der Waals surface area contributed by atoms with Crippen LogP contribution in [-0.2, 0) is 14.8 Å². The summed E-state index contributed by atoms with van der Waals surface area (Å²) >= 11 is 0. The van der Waals surface area contributed by atoms with Gasteiger partial charge in [-0.25, -0.2) is 18.2 Å². The Morgan fingerprint density at radius 2 is 1.63 bits per heavy atom. The monoisotopic (exact) mass is 532 g/mol. The van der Waals surface area contributed by atoms with Crippen molar-refractivity contribution in [2.24, 2.45) is 5.10 Å². The Kier molecular flexibility index (Phi) is 7.78. The van der Waals surface area contributed by atoms with Crippen LogP contribution in [0, 0.1) is 33.5 Å². The van der Waals surface area contributed by atoms with E-state index in [9.17, 15) is 17.6 Å². The summed E-state index contributed by atoms with van der Waals surface area (Å²) in [5, 5.41) is 4.09. The first kappa shape index (κ1) is 26.8. The lowest BCUT2D eigenvalue weighted by Gasteiger charge is -2.23. The number of amides is 1. The lowest BCUT2D eigenvalue weighted by Crippen LogP contribution is -2.39. The van der Waals surface area contributed by atoms with E-state index in [1.165, 1.54) is 12.1 Å². The summed E-state index contributed by atoms with van der Waals surface area (Å²) in [6.45, 7) is 7.37. The molecule has 4 aromatic rings. The number of hydrogen-bond donors (Lipinski definition) is 1. The van der Waals surface area contributed by atoms with Crippen molar-refractivity contribution in [1.29, 1.82) is 0 Å². The quantitative estimate of drug-likeness (QED) is 0.250. The van der Waals surface area contributed by atoms with Gasteiger partial charge in [-0.1, -0.05) is 35.9 Å². The summed E-state index contributed by atoms with van der Waals surface area (Å²) in [6.07, 6.45) is 1.54. The normalized spacial score (nSPS) is 11.6. The van der Waals surface area contributed by atoms with Crippen molar-refractivity contribution in [3.8, 4) is 5.69 Å². The SMILES string of the molecule is Cc1ccc(N(CC(=O)N/N=C/c2cc(C)n(-c3ccccc3C)c2C)S(=O)(=O)c2ccc(F)cc2)cc1. The molecule has 0 bridgehead atoms. The van der Waals surface area contributed by atoms with Gasteiger partial charge in [-0.3, -0.25) is 9.10 Å². The van der Waals surface area contributed by atoms with E-state index >= 15 is 0 Å². The van der Waals surface area contributed by atoms with Gasteiger partial charge >= 0.3 is 0 Å². The van der Waals surface area contributed by atoms with Gasteiger partial charge < -0.3 is 4.57 Å². The van der Waals surface area contributed by atoms with E-state index in [1.807, 2.05) is 58.0 Å². The van der Waals surface area contributed by atoms with Gasteiger partial charge in [-0.2, -0.15) is 5.10 Å². The number of nitrogens with zero attached hydrogens (tertiary/aromatic N) is 3. The molecule has 1 heterocycles. The molecule has 0 aliphatic carbocycles. The Morgan fingerprint density at radius 3 is 2.29 bits per heavy atom. The van der Waals surface area contributed by atoms with Gasteiger partial charge in [0.25, 0.3) is 15.9 Å². The number of hydrazone groups is 1. The number of aryl methyl sites for hydroxylation is 3. The van der Waals surface area contributed by atoms with Crippen molar-refractivity contribution in [1.82, 2.24) is 9.99 Å². The van der Waals surface area contributed by atoms with Gasteiger partial charge in [-0.05, 0) is 81.8 Å². The van der Waals surface area contributed by atoms with Crippen LogP contribution in [0.3, 0.4) is 0 Å². The van der Waals surface area contributed by atoms with Crippen LogP contribution in [-0.4, -0.2) is 31.7 Å². The van der Waals surface area contributed by atoms with E-state index in [4.69, 9.17) is 0 Å². The average molecular weight is 533 g/mol. The van der Waals surface area contributed by atoms with E-state index in [-0.39, 0.29) is 4.90 Å². The summed E-state index contributed by atoms with van der Waals surface area (Å²) in [7, 11) is -4.15. The highest BCUT2D eigenvalue weighted by Crippen LogP contribution is 2.25. The van der Waals surface area contributed by atoms with Crippen molar-refractivity contribution < 1.29 is 17.6 Å². The lowest BCUT2D eigenvalue weighted by molar-refractivity contribution is -0.119. The summed E-state index contributed by atoms with van der Waals surface area (Å²) in [4.78, 5) is 12.7. The van der Waals surface area contributed by atoms with Crippen molar-refractivity contribution in [2.45, 2.75) is 32.6 Å². The van der Waals surface area contributed by atoms with Crippen LogP contribution in [0.2, 0.25) is 0 Å². The number of carbonyl (C=O) groups excluding carboxylic acids is 1. The number of carbonyl (C=O) groups is 1. The second-order valence-electron chi connectivity index (χ2n) is 9.04. The molecule has 196 valence electrons. The van der Waals surface area contributed by atoms with E-state index in [2.05, 4.69) is 15.1 Å². The summed E-state index contributed by atoms with van der Waals surface area (Å²) in [5.41, 5.74) is 8.66. The smallest absolute Gasteiger partial charge is 0.264 e. The van der Waals surface area contributed by atoms with Crippen molar-refractivity contribution in [3.05, 3.63) is 113 Å². The Balaban J connectivity index is 1.56. The third kappa shape index (κ3) is 5.68. The fourth-order valence-corrected chi connectivity index (χ4v) is 5.62.